The first kappa shape index (κ1) is 13.1. The molecular formula is C17H16N2S. The molecule has 0 saturated carbocycles. The third-order valence-corrected chi connectivity index (χ3v) is 4.54. The number of fused-ring (bicyclic) bond motifs is 1. The highest BCUT2D eigenvalue weighted by atomic mass is 32.2. The van der Waals surface area contributed by atoms with Gasteiger partial charge >= 0.3 is 0 Å². The van der Waals surface area contributed by atoms with Gasteiger partial charge in [-0.3, -0.25) is 0 Å². The van der Waals surface area contributed by atoms with Crippen LogP contribution in [-0.4, -0.2) is 5.75 Å². The summed E-state index contributed by atoms with van der Waals surface area (Å²) >= 11 is 1.73. The molecule has 0 spiro atoms. The number of anilines is 1. The Balaban J connectivity index is 1.97. The van der Waals surface area contributed by atoms with Crippen LogP contribution in [0.4, 0.5) is 5.69 Å². The van der Waals surface area contributed by atoms with E-state index < -0.39 is 0 Å². The van der Waals surface area contributed by atoms with E-state index in [1.165, 1.54) is 11.1 Å². The van der Waals surface area contributed by atoms with Gasteiger partial charge < -0.3 is 4.90 Å². The predicted octanol–water partition coefficient (Wildman–Crippen LogP) is 4.19. The largest absolute Gasteiger partial charge is 0.362 e. The topological polar surface area (TPSA) is 27.0 Å². The lowest BCUT2D eigenvalue weighted by Crippen LogP contribution is -2.16. The molecule has 0 bridgehead atoms. The van der Waals surface area contributed by atoms with Crippen molar-refractivity contribution < 1.29 is 0 Å². The van der Waals surface area contributed by atoms with E-state index in [1.807, 2.05) is 6.07 Å². The van der Waals surface area contributed by atoms with Crippen LogP contribution in [-0.2, 0) is 13.1 Å². The van der Waals surface area contributed by atoms with Crippen molar-refractivity contribution in [1.82, 2.24) is 0 Å². The van der Waals surface area contributed by atoms with Crippen LogP contribution >= 0.6 is 11.8 Å². The van der Waals surface area contributed by atoms with E-state index in [0.717, 1.165) is 35.0 Å². The zero-order chi connectivity index (χ0) is 13.9. The Bertz CT molecular complexity index is 648. The van der Waals surface area contributed by atoms with Crippen molar-refractivity contribution in [2.45, 2.75) is 24.9 Å². The Morgan fingerprint density at radius 2 is 1.80 bits per heavy atom. The van der Waals surface area contributed by atoms with E-state index in [0.29, 0.717) is 0 Å². The predicted molar refractivity (Wildman–Crippen MR) is 83.9 cm³/mol. The van der Waals surface area contributed by atoms with E-state index in [2.05, 4.69) is 54.3 Å². The lowest BCUT2D eigenvalue weighted by atomic mass is 10.1. The molecule has 0 atom stereocenters. The minimum Gasteiger partial charge on any atom is -0.362 e. The van der Waals surface area contributed by atoms with E-state index in [1.54, 1.807) is 11.8 Å². The molecule has 0 aromatic heterocycles. The zero-order valence-corrected chi connectivity index (χ0v) is 12.3. The van der Waals surface area contributed by atoms with Crippen molar-refractivity contribution in [3.63, 3.8) is 0 Å². The maximum atomic E-state index is 9.51. The van der Waals surface area contributed by atoms with Gasteiger partial charge in [0.1, 0.15) is 6.07 Å². The highest BCUT2D eigenvalue weighted by molar-refractivity contribution is 7.99. The molecular weight excluding hydrogens is 264 g/mol. The Kier molecular flexibility index (Phi) is 3.66. The molecule has 0 radical (unpaired) electrons. The van der Waals surface area contributed by atoms with Gasteiger partial charge in [0.2, 0.25) is 0 Å². The van der Waals surface area contributed by atoms with Gasteiger partial charge in [-0.15, -0.1) is 11.8 Å². The van der Waals surface area contributed by atoms with Crippen molar-refractivity contribution in [3.05, 3.63) is 59.2 Å². The van der Waals surface area contributed by atoms with Gasteiger partial charge in [-0.25, -0.2) is 0 Å². The highest BCUT2D eigenvalue weighted by Gasteiger charge is 2.21. The first-order valence-corrected chi connectivity index (χ1v) is 7.79. The number of nitriles is 1. The second-order valence-electron chi connectivity index (χ2n) is 4.82. The second kappa shape index (κ2) is 5.60. The van der Waals surface area contributed by atoms with Gasteiger partial charge in [0.05, 0.1) is 11.3 Å². The van der Waals surface area contributed by atoms with Gasteiger partial charge in [-0.2, -0.15) is 5.26 Å². The molecule has 2 aromatic carbocycles. The molecule has 2 aromatic rings. The van der Waals surface area contributed by atoms with Crippen molar-refractivity contribution in [3.8, 4) is 6.07 Å². The van der Waals surface area contributed by atoms with E-state index in [4.69, 9.17) is 0 Å². The molecule has 0 saturated heterocycles. The van der Waals surface area contributed by atoms with Crippen LogP contribution in [0.2, 0.25) is 0 Å². The summed E-state index contributed by atoms with van der Waals surface area (Å²) in [4.78, 5) is 3.38. The fourth-order valence-electron chi connectivity index (χ4n) is 2.67. The van der Waals surface area contributed by atoms with Crippen LogP contribution in [0.1, 0.15) is 23.6 Å². The first-order chi connectivity index (χ1) is 9.83. The Hall–Kier alpha value is -1.92. The van der Waals surface area contributed by atoms with E-state index in [-0.39, 0.29) is 0 Å². The van der Waals surface area contributed by atoms with Crippen molar-refractivity contribution in [2.24, 2.45) is 0 Å². The molecule has 0 unspecified atom stereocenters. The van der Waals surface area contributed by atoms with Crippen LogP contribution < -0.4 is 4.90 Å². The summed E-state index contributed by atoms with van der Waals surface area (Å²) in [6.07, 6.45) is 0. The summed E-state index contributed by atoms with van der Waals surface area (Å²) in [5.41, 5.74) is 4.60. The lowest BCUT2D eigenvalue weighted by molar-refractivity contribution is 0.875. The molecule has 3 heteroatoms. The first-order valence-electron chi connectivity index (χ1n) is 6.81. The van der Waals surface area contributed by atoms with Gasteiger partial charge in [0, 0.05) is 18.0 Å². The summed E-state index contributed by atoms with van der Waals surface area (Å²) in [6.45, 7) is 3.90. The molecule has 0 N–H and O–H groups in total. The van der Waals surface area contributed by atoms with Gasteiger partial charge in [-0.1, -0.05) is 37.3 Å². The smallest absolute Gasteiger partial charge is 0.103 e. The molecule has 1 aliphatic rings. The number of rotatable bonds is 3. The second-order valence-corrected chi connectivity index (χ2v) is 6.13. The molecule has 0 fully saturated rings. The molecule has 1 aliphatic heterocycles. The van der Waals surface area contributed by atoms with Crippen LogP contribution in [0.5, 0.6) is 0 Å². The fraction of sp³-hybridized carbons (Fsp3) is 0.235. The zero-order valence-electron chi connectivity index (χ0n) is 11.5. The molecule has 0 aliphatic carbocycles. The van der Waals surface area contributed by atoms with Crippen molar-refractivity contribution in [1.29, 1.82) is 5.26 Å². The highest BCUT2D eigenvalue weighted by Crippen LogP contribution is 2.34. The number of hydrogen-bond acceptors (Lipinski definition) is 3. The Labute approximate surface area is 124 Å². The molecule has 20 heavy (non-hydrogen) atoms. The van der Waals surface area contributed by atoms with Gasteiger partial charge in [-0.05, 0) is 29.0 Å². The summed E-state index contributed by atoms with van der Waals surface area (Å²) in [7, 11) is 0. The molecule has 100 valence electrons. The fourth-order valence-corrected chi connectivity index (χ4v) is 3.46. The number of thioether (sulfide) groups is 1. The molecule has 1 heterocycles. The monoisotopic (exact) mass is 280 g/mol. The third kappa shape index (κ3) is 2.28. The SMILES string of the molecule is CCSc1cccc(N2Cc3ccccc3C2)c1C#N. The van der Waals surface area contributed by atoms with Gasteiger partial charge in [0.15, 0.2) is 0 Å². The van der Waals surface area contributed by atoms with Crippen LogP contribution in [0, 0.1) is 11.3 Å². The van der Waals surface area contributed by atoms with Crippen molar-refractivity contribution >= 4 is 17.4 Å². The third-order valence-electron chi connectivity index (χ3n) is 3.60. The maximum absolute atomic E-state index is 9.51. The van der Waals surface area contributed by atoms with Crippen LogP contribution in [0.3, 0.4) is 0 Å². The van der Waals surface area contributed by atoms with E-state index in [9.17, 15) is 5.26 Å². The number of nitrogens with zero attached hydrogens (tertiary/aromatic N) is 2. The average Bonchev–Trinajstić information content (AvgIpc) is 2.91. The molecule has 2 nitrogen and oxygen atoms in total. The van der Waals surface area contributed by atoms with Crippen molar-refractivity contribution in [2.75, 3.05) is 10.7 Å². The summed E-state index contributed by atoms with van der Waals surface area (Å²) in [5.74, 6) is 0.984. The Morgan fingerprint density at radius 1 is 1.10 bits per heavy atom. The summed E-state index contributed by atoms with van der Waals surface area (Å²) in [5, 5.41) is 9.51. The van der Waals surface area contributed by atoms with Gasteiger partial charge in [0.25, 0.3) is 0 Å². The number of benzene rings is 2. The summed E-state index contributed by atoms with van der Waals surface area (Å²) < 4.78 is 0. The maximum Gasteiger partial charge on any atom is 0.103 e. The average molecular weight is 280 g/mol. The molecule has 0 amide bonds. The number of hydrogen-bond donors (Lipinski definition) is 0. The summed E-state index contributed by atoms with van der Waals surface area (Å²) in [6, 6.07) is 17.0. The van der Waals surface area contributed by atoms with Crippen LogP contribution in [0.25, 0.3) is 0 Å². The minimum atomic E-state index is 0.812. The normalized spacial score (nSPS) is 13.1. The Morgan fingerprint density at radius 3 is 2.40 bits per heavy atom. The van der Waals surface area contributed by atoms with E-state index >= 15 is 0 Å². The lowest BCUT2D eigenvalue weighted by Gasteiger charge is -2.20. The quantitative estimate of drug-likeness (QED) is 0.789. The standard InChI is InChI=1S/C17H16N2S/c1-2-20-17-9-5-8-16(15(17)10-18)19-11-13-6-3-4-7-14(13)12-19/h3-9H,2,11-12H2,1H3. The van der Waals surface area contributed by atoms with Crippen LogP contribution in [0.15, 0.2) is 47.4 Å². The minimum absolute atomic E-state index is 0.812. The molecule has 3 rings (SSSR count).